The Morgan fingerprint density at radius 2 is 2.00 bits per heavy atom. The Bertz CT molecular complexity index is 593. The lowest BCUT2D eigenvalue weighted by atomic mass is 10.0. The van der Waals surface area contributed by atoms with E-state index in [1.54, 1.807) is 0 Å². The van der Waals surface area contributed by atoms with Crippen LogP contribution in [0.2, 0.25) is 0 Å². The smallest absolute Gasteiger partial charge is 0.335 e. The molecule has 0 fully saturated rings. The number of nitrogens with zero attached hydrogens (tertiary/aromatic N) is 1. The molecule has 0 radical (unpaired) electrons. The summed E-state index contributed by atoms with van der Waals surface area (Å²) in [7, 11) is 0. The fraction of sp³-hybridized carbons (Fsp3) is 0.200. The van der Waals surface area contributed by atoms with E-state index in [1.807, 2.05) is 24.3 Å². The molecule has 1 N–H and O–H groups in total. The van der Waals surface area contributed by atoms with E-state index in [0.29, 0.717) is 11.7 Å². The molecule has 1 aromatic heterocycles. The zero-order chi connectivity index (χ0) is 13.8. The van der Waals surface area contributed by atoms with Gasteiger partial charge in [0.25, 0.3) is 0 Å². The number of carboxylic acid groups (broad SMARTS) is 1. The zero-order valence-corrected chi connectivity index (χ0v) is 10.8. The van der Waals surface area contributed by atoms with Crippen molar-refractivity contribution in [1.29, 1.82) is 0 Å². The number of aromatic carboxylic acids is 1. The predicted molar refractivity (Wildman–Crippen MR) is 71.8 cm³/mol. The summed E-state index contributed by atoms with van der Waals surface area (Å²) in [6.45, 7) is 4.15. The van der Waals surface area contributed by atoms with Crippen molar-refractivity contribution < 1.29 is 14.6 Å². The van der Waals surface area contributed by atoms with Crippen LogP contribution in [0.5, 0.6) is 11.6 Å². The lowest BCUT2D eigenvalue weighted by Gasteiger charge is -2.12. The van der Waals surface area contributed by atoms with Crippen LogP contribution in [-0.4, -0.2) is 16.1 Å². The first-order valence-corrected chi connectivity index (χ1v) is 6.04. The van der Waals surface area contributed by atoms with Gasteiger partial charge in [0.05, 0.1) is 5.56 Å². The van der Waals surface area contributed by atoms with Crippen molar-refractivity contribution in [1.82, 2.24) is 4.98 Å². The van der Waals surface area contributed by atoms with E-state index in [1.165, 1.54) is 18.3 Å². The zero-order valence-electron chi connectivity index (χ0n) is 10.8. The fourth-order valence-corrected chi connectivity index (χ4v) is 1.76. The van der Waals surface area contributed by atoms with Gasteiger partial charge in [-0.1, -0.05) is 32.0 Å². The van der Waals surface area contributed by atoms with E-state index in [4.69, 9.17) is 9.84 Å². The monoisotopic (exact) mass is 257 g/mol. The van der Waals surface area contributed by atoms with E-state index < -0.39 is 5.97 Å². The number of carboxylic acids is 1. The molecule has 0 amide bonds. The van der Waals surface area contributed by atoms with Gasteiger partial charge in [0, 0.05) is 12.3 Å². The summed E-state index contributed by atoms with van der Waals surface area (Å²) in [6.07, 6.45) is 1.43. The predicted octanol–water partition coefficient (Wildman–Crippen LogP) is 3.70. The molecule has 4 nitrogen and oxygen atoms in total. The van der Waals surface area contributed by atoms with Gasteiger partial charge in [0.1, 0.15) is 5.75 Å². The number of hydrogen-bond acceptors (Lipinski definition) is 3. The molecule has 0 spiro atoms. The molecule has 0 aliphatic carbocycles. The maximum Gasteiger partial charge on any atom is 0.335 e. The topological polar surface area (TPSA) is 59.4 Å². The fourth-order valence-electron chi connectivity index (χ4n) is 1.76. The molecule has 0 bridgehead atoms. The van der Waals surface area contributed by atoms with E-state index in [-0.39, 0.29) is 11.4 Å². The molecular weight excluding hydrogens is 242 g/mol. The Kier molecular flexibility index (Phi) is 3.80. The molecule has 0 unspecified atom stereocenters. The van der Waals surface area contributed by atoms with Gasteiger partial charge < -0.3 is 9.84 Å². The molecule has 2 aromatic rings. The van der Waals surface area contributed by atoms with Gasteiger partial charge in [0.2, 0.25) is 5.88 Å². The van der Waals surface area contributed by atoms with Crippen molar-refractivity contribution in [3.05, 3.63) is 53.7 Å². The second-order valence-electron chi connectivity index (χ2n) is 4.48. The third-order valence-electron chi connectivity index (χ3n) is 2.74. The van der Waals surface area contributed by atoms with Crippen molar-refractivity contribution in [3.63, 3.8) is 0 Å². The standard InChI is InChI=1S/C15H15NO3/c1-10(2)12-5-3-4-6-13(12)19-14-9-11(15(17)18)7-8-16-14/h3-10H,1-2H3,(H,17,18). The summed E-state index contributed by atoms with van der Waals surface area (Å²) in [5.41, 5.74) is 1.22. The molecule has 98 valence electrons. The number of para-hydroxylation sites is 1. The summed E-state index contributed by atoms with van der Waals surface area (Å²) < 4.78 is 5.69. The third kappa shape index (κ3) is 3.10. The van der Waals surface area contributed by atoms with Crippen molar-refractivity contribution in [3.8, 4) is 11.6 Å². The molecule has 1 aromatic carbocycles. The normalized spacial score (nSPS) is 10.5. The highest BCUT2D eigenvalue weighted by Gasteiger charge is 2.10. The minimum atomic E-state index is -0.996. The highest BCUT2D eigenvalue weighted by molar-refractivity contribution is 5.87. The summed E-state index contributed by atoms with van der Waals surface area (Å²) in [5, 5.41) is 8.93. The van der Waals surface area contributed by atoms with Crippen LogP contribution in [0, 0.1) is 0 Å². The van der Waals surface area contributed by atoms with Crippen LogP contribution in [0.3, 0.4) is 0 Å². The number of rotatable bonds is 4. The number of hydrogen-bond donors (Lipinski definition) is 1. The maximum atomic E-state index is 10.9. The van der Waals surface area contributed by atoms with E-state index in [9.17, 15) is 4.79 Å². The van der Waals surface area contributed by atoms with Crippen molar-refractivity contribution in [2.75, 3.05) is 0 Å². The summed E-state index contributed by atoms with van der Waals surface area (Å²) in [6, 6.07) is 10.5. The van der Waals surface area contributed by atoms with Crippen molar-refractivity contribution in [2.24, 2.45) is 0 Å². The summed E-state index contributed by atoms with van der Waals surface area (Å²) in [4.78, 5) is 14.9. The molecule has 0 aliphatic rings. The Balaban J connectivity index is 2.31. The average Bonchev–Trinajstić information content (AvgIpc) is 2.39. The molecule has 0 aliphatic heterocycles. The van der Waals surface area contributed by atoms with Gasteiger partial charge in [-0.3, -0.25) is 0 Å². The molecule has 0 saturated heterocycles. The lowest BCUT2D eigenvalue weighted by Crippen LogP contribution is -1.99. The van der Waals surface area contributed by atoms with Gasteiger partial charge in [-0.15, -0.1) is 0 Å². The summed E-state index contributed by atoms with van der Waals surface area (Å²) in [5.74, 6) is 0.309. The highest BCUT2D eigenvalue weighted by atomic mass is 16.5. The quantitative estimate of drug-likeness (QED) is 0.907. The van der Waals surface area contributed by atoms with Gasteiger partial charge in [-0.05, 0) is 23.6 Å². The van der Waals surface area contributed by atoms with E-state index >= 15 is 0 Å². The second kappa shape index (κ2) is 5.52. The number of ether oxygens (including phenoxy) is 1. The second-order valence-corrected chi connectivity index (χ2v) is 4.48. The Labute approximate surface area is 111 Å². The van der Waals surface area contributed by atoms with Gasteiger partial charge in [-0.25, -0.2) is 9.78 Å². The first-order valence-electron chi connectivity index (χ1n) is 6.04. The van der Waals surface area contributed by atoms with Crippen LogP contribution in [0.1, 0.15) is 35.7 Å². The Morgan fingerprint density at radius 1 is 1.26 bits per heavy atom. The largest absolute Gasteiger partial charge is 0.478 e. The summed E-state index contributed by atoms with van der Waals surface area (Å²) >= 11 is 0. The molecule has 2 rings (SSSR count). The number of benzene rings is 1. The first kappa shape index (κ1) is 13.1. The molecular formula is C15H15NO3. The maximum absolute atomic E-state index is 10.9. The SMILES string of the molecule is CC(C)c1ccccc1Oc1cc(C(=O)O)ccn1. The molecule has 0 saturated carbocycles. The van der Waals surface area contributed by atoms with E-state index in [0.717, 1.165) is 5.56 Å². The van der Waals surface area contributed by atoms with Gasteiger partial charge >= 0.3 is 5.97 Å². The molecule has 1 heterocycles. The number of aromatic nitrogens is 1. The first-order chi connectivity index (χ1) is 9.08. The number of pyridine rings is 1. The minimum absolute atomic E-state index is 0.159. The van der Waals surface area contributed by atoms with Crippen LogP contribution < -0.4 is 4.74 Å². The molecule has 19 heavy (non-hydrogen) atoms. The van der Waals surface area contributed by atoms with Gasteiger partial charge in [-0.2, -0.15) is 0 Å². The van der Waals surface area contributed by atoms with Crippen molar-refractivity contribution >= 4 is 5.97 Å². The van der Waals surface area contributed by atoms with Crippen LogP contribution >= 0.6 is 0 Å². The molecule has 4 heteroatoms. The van der Waals surface area contributed by atoms with E-state index in [2.05, 4.69) is 18.8 Å². The highest BCUT2D eigenvalue weighted by Crippen LogP contribution is 2.29. The Morgan fingerprint density at radius 3 is 2.68 bits per heavy atom. The number of carbonyl (C=O) groups is 1. The molecule has 0 atom stereocenters. The lowest BCUT2D eigenvalue weighted by molar-refractivity contribution is 0.0696. The van der Waals surface area contributed by atoms with Crippen LogP contribution in [0.4, 0.5) is 0 Å². The minimum Gasteiger partial charge on any atom is -0.478 e. The van der Waals surface area contributed by atoms with Crippen molar-refractivity contribution in [2.45, 2.75) is 19.8 Å². The van der Waals surface area contributed by atoms with Crippen LogP contribution in [-0.2, 0) is 0 Å². The van der Waals surface area contributed by atoms with Crippen LogP contribution in [0.15, 0.2) is 42.6 Å². The van der Waals surface area contributed by atoms with Gasteiger partial charge in [0.15, 0.2) is 0 Å². The average molecular weight is 257 g/mol. The van der Waals surface area contributed by atoms with Crippen LogP contribution in [0.25, 0.3) is 0 Å². The third-order valence-corrected chi connectivity index (χ3v) is 2.74. The Hall–Kier alpha value is -2.36.